The highest BCUT2D eigenvalue weighted by Gasteiger charge is 2.28. The van der Waals surface area contributed by atoms with Gasteiger partial charge in [0.15, 0.2) is 0 Å². The Morgan fingerprint density at radius 1 is 1.30 bits per heavy atom. The number of hydrogen-bond acceptors (Lipinski definition) is 1. The predicted octanol–water partition coefficient (Wildman–Crippen LogP) is 4.96. The van der Waals surface area contributed by atoms with E-state index < -0.39 is 0 Å². The van der Waals surface area contributed by atoms with Crippen molar-refractivity contribution in [1.82, 2.24) is 0 Å². The summed E-state index contributed by atoms with van der Waals surface area (Å²) in [5.74, 6) is 0.764. The summed E-state index contributed by atoms with van der Waals surface area (Å²) in [5, 5.41) is 0. The second-order valence-corrected chi connectivity index (χ2v) is 6.45. The maximum atomic E-state index is 6.25. The first-order valence-electron chi connectivity index (χ1n) is 7.59. The average Bonchev–Trinajstić information content (AvgIpc) is 3.19. The van der Waals surface area contributed by atoms with Crippen LogP contribution < -0.4 is 5.73 Å². The highest BCUT2D eigenvalue weighted by molar-refractivity contribution is 5.74. The molecule has 0 heterocycles. The maximum absolute atomic E-state index is 6.25. The zero-order valence-corrected chi connectivity index (χ0v) is 13.3. The van der Waals surface area contributed by atoms with Gasteiger partial charge >= 0.3 is 0 Å². The lowest BCUT2D eigenvalue weighted by molar-refractivity contribution is 0.792. The minimum absolute atomic E-state index is 0.0477. The highest BCUT2D eigenvalue weighted by atomic mass is 14.6. The van der Waals surface area contributed by atoms with Gasteiger partial charge in [0, 0.05) is 6.04 Å². The molecule has 2 rings (SSSR count). The maximum Gasteiger partial charge on any atom is 0.0289 e. The molecule has 1 aromatic rings. The molecule has 1 nitrogen and oxygen atoms in total. The first kappa shape index (κ1) is 15.1. The lowest BCUT2D eigenvalue weighted by atomic mass is 9.86. The number of benzene rings is 1. The summed E-state index contributed by atoms with van der Waals surface area (Å²) in [6.45, 7) is 12.6. The van der Waals surface area contributed by atoms with Crippen LogP contribution in [0.1, 0.15) is 62.6 Å². The second kappa shape index (κ2) is 5.97. The lowest BCUT2D eigenvalue weighted by Gasteiger charge is -2.21. The Kier molecular flexibility index (Phi) is 4.49. The summed E-state index contributed by atoms with van der Waals surface area (Å²) >= 11 is 0. The van der Waals surface area contributed by atoms with E-state index in [4.69, 9.17) is 5.73 Å². The molecule has 0 aromatic heterocycles. The first-order chi connectivity index (χ1) is 9.41. The van der Waals surface area contributed by atoms with Gasteiger partial charge in [-0.2, -0.15) is 0 Å². The molecule has 0 bridgehead atoms. The Morgan fingerprint density at radius 2 is 1.95 bits per heavy atom. The SMILES string of the molecule is C=C(C)C(N)CC(=C(C)C)c1c(C)cccc1C1CC1. The monoisotopic (exact) mass is 269 g/mol. The van der Waals surface area contributed by atoms with Gasteiger partial charge < -0.3 is 5.73 Å². The van der Waals surface area contributed by atoms with Gasteiger partial charge in [0.25, 0.3) is 0 Å². The van der Waals surface area contributed by atoms with Crippen LogP contribution in [0.4, 0.5) is 0 Å². The Hall–Kier alpha value is -1.34. The fourth-order valence-electron chi connectivity index (χ4n) is 2.79. The molecule has 1 saturated carbocycles. The standard InChI is InChI=1S/C19H27N/c1-12(2)17(11-18(20)13(3)4)19-14(5)7-6-8-16(19)15-9-10-15/h6-8,15,18H,3,9-11,20H2,1-2,4-5H3. The van der Waals surface area contributed by atoms with Crippen LogP contribution in [0.15, 0.2) is 35.9 Å². The molecular formula is C19H27N. The van der Waals surface area contributed by atoms with Crippen molar-refractivity contribution >= 4 is 5.57 Å². The smallest absolute Gasteiger partial charge is 0.0289 e. The zero-order chi connectivity index (χ0) is 14.9. The molecule has 1 unspecified atom stereocenters. The molecule has 1 aliphatic rings. The van der Waals surface area contributed by atoms with Crippen molar-refractivity contribution < 1.29 is 0 Å². The van der Waals surface area contributed by atoms with E-state index in [1.807, 2.05) is 6.92 Å². The van der Waals surface area contributed by atoms with Gasteiger partial charge in [0.2, 0.25) is 0 Å². The Balaban J connectivity index is 2.45. The Labute approximate surface area is 123 Å². The minimum Gasteiger partial charge on any atom is -0.324 e. The highest BCUT2D eigenvalue weighted by Crippen LogP contribution is 2.45. The third kappa shape index (κ3) is 3.21. The molecule has 0 radical (unpaired) electrons. The van der Waals surface area contributed by atoms with E-state index in [2.05, 4.69) is 45.5 Å². The van der Waals surface area contributed by atoms with E-state index >= 15 is 0 Å². The number of hydrogen-bond donors (Lipinski definition) is 1. The first-order valence-corrected chi connectivity index (χ1v) is 7.59. The predicted molar refractivity (Wildman–Crippen MR) is 88.8 cm³/mol. The Morgan fingerprint density at radius 3 is 2.45 bits per heavy atom. The van der Waals surface area contributed by atoms with Crippen LogP contribution >= 0.6 is 0 Å². The van der Waals surface area contributed by atoms with E-state index in [1.54, 1.807) is 0 Å². The summed E-state index contributed by atoms with van der Waals surface area (Å²) in [5.41, 5.74) is 14.4. The third-order valence-electron chi connectivity index (χ3n) is 4.28. The molecule has 0 amide bonds. The topological polar surface area (TPSA) is 26.0 Å². The van der Waals surface area contributed by atoms with Gasteiger partial charge in [-0.1, -0.05) is 35.9 Å². The van der Waals surface area contributed by atoms with Gasteiger partial charge in [-0.15, -0.1) is 0 Å². The molecule has 1 aliphatic carbocycles. The summed E-state index contributed by atoms with van der Waals surface area (Å²) in [6, 6.07) is 6.76. The molecule has 0 spiro atoms. The van der Waals surface area contributed by atoms with Gasteiger partial charge in [0.1, 0.15) is 0 Å². The van der Waals surface area contributed by atoms with Crippen molar-refractivity contribution in [1.29, 1.82) is 0 Å². The molecule has 2 N–H and O–H groups in total. The van der Waals surface area contributed by atoms with E-state index in [1.165, 1.54) is 40.7 Å². The molecule has 0 saturated heterocycles. The van der Waals surface area contributed by atoms with Crippen molar-refractivity contribution in [3.05, 3.63) is 52.6 Å². The van der Waals surface area contributed by atoms with Crippen LogP contribution in [0.3, 0.4) is 0 Å². The minimum atomic E-state index is 0.0477. The van der Waals surface area contributed by atoms with Crippen LogP contribution in [0.5, 0.6) is 0 Å². The second-order valence-electron chi connectivity index (χ2n) is 6.45. The number of rotatable bonds is 5. The molecule has 20 heavy (non-hydrogen) atoms. The molecule has 1 heteroatoms. The largest absolute Gasteiger partial charge is 0.324 e. The third-order valence-corrected chi connectivity index (χ3v) is 4.28. The molecule has 1 fully saturated rings. The van der Waals surface area contributed by atoms with E-state index in [9.17, 15) is 0 Å². The van der Waals surface area contributed by atoms with Crippen LogP contribution in [-0.4, -0.2) is 6.04 Å². The molecule has 108 valence electrons. The lowest BCUT2D eigenvalue weighted by Crippen LogP contribution is -2.21. The van der Waals surface area contributed by atoms with Crippen LogP contribution in [0.2, 0.25) is 0 Å². The summed E-state index contributed by atoms with van der Waals surface area (Å²) in [4.78, 5) is 0. The Bertz CT molecular complexity index is 543. The fraction of sp³-hybridized carbons (Fsp3) is 0.474. The summed E-state index contributed by atoms with van der Waals surface area (Å²) < 4.78 is 0. The van der Waals surface area contributed by atoms with Gasteiger partial charge in [-0.3, -0.25) is 0 Å². The van der Waals surface area contributed by atoms with Crippen LogP contribution in [0, 0.1) is 6.92 Å². The van der Waals surface area contributed by atoms with E-state index in [0.717, 1.165) is 17.9 Å². The van der Waals surface area contributed by atoms with Crippen molar-refractivity contribution in [2.45, 2.75) is 58.9 Å². The fourth-order valence-corrected chi connectivity index (χ4v) is 2.79. The van der Waals surface area contributed by atoms with E-state index in [0.29, 0.717) is 0 Å². The number of nitrogens with two attached hydrogens (primary N) is 1. The quantitative estimate of drug-likeness (QED) is 0.751. The van der Waals surface area contributed by atoms with Crippen LogP contribution in [0.25, 0.3) is 5.57 Å². The summed E-state index contributed by atoms with van der Waals surface area (Å²) in [6.07, 6.45) is 3.56. The van der Waals surface area contributed by atoms with Crippen molar-refractivity contribution in [2.75, 3.05) is 0 Å². The van der Waals surface area contributed by atoms with Crippen molar-refractivity contribution in [2.24, 2.45) is 5.73 Å². The molecule has 0 aliphatic heterocycles. The van der Waals surface area contributed by atoms with E-state index in [-0.39, 0.29) is 6.04 Å². The van der Waals surface area contributed by atoms with Gasteiger partial charge in [0.05, 0.1) is 0 Å². The van der Waals surface area contributed by atoms with Gasteiger partial charge in [-0.05, 0) is 75.1 Å². The van der Waals surface area contributed by atoms with Crippen molar-refractivity contribution in [3.63, 3.8) is 0 Å². The summed E-state index contributed by atoms with van der Waals surface area (Å²) in [7, 11) is 0. The number of aryl methyl sites for hydroxylation is 1. The van der Waals surface area contributed by atoms with Crippen molar-refractivity contribution in [3.8, 4) is 0 Å². The molecular weight excluding hydrogens is 242 g/mol. The average molecular weight is 269 g/mol. The van der Waals surface area contributed by atoms with Crippen LogP contribution in [-0.2, 0) is 0 Å². The zero-order valence-electron chi connectivity index (χ0n) is 13.3. The normalized spacial score (nSPS) is 15.8. The molecule has 1 aromatic carbocycles. The van der Waals surface area contributed by atoms with Gasteiger partial charge in [-0.25, -0.2) is 0 Å². The molecule has 1 atom stereocenters. The number of allylic oxidation sites excluding steroid dienone is 1.